The maximum Gasteiger partial charge on any atom is 0.254 e. The summed E-state index contributed by atoms with van der Waals surface area (Å²) in [5.74, 6) is 1.01. The molecule has 0 spiro atoms. The normalized spacial score (nSPS) is 16.9. The zero-order valence-corrected chi connectivity index (χ0v) is 15.4. The van der Waals surface area contributed by atoms with E-state index >= 15 is 0 Å². The molecular weight excluding hydrogens is 338 g/mol. The van der Waals surface area contributed by atoms with Crippen molar-refractivity contribution in [2.45, 2.75) is 18.8 Å². The van der Waals surface area contributed by atoms with Crippen LogP contribution < -0.4 is 4.74 Å². The molecule has 0 saturated carbocycles. The highest BCUT2D eigenvalue weighted by atomic mass is 16.5. The number of H-pyrrole nitrogens is 1. The highest BCUT2D eigenvalue weighted by Gasteiger charge is 2.28. The van der Waals surface area contributed by atoms with Crippen molar-refractivity contribution in [2.24, 2.45) is 0 Å². The number of amides is 1. The molecule has 1 aliphatic heterocycles. The van der Waals surface area contributed by atoms with E-state index in [0.29, 0.717) is 17.9 Å². The largest absolute Gasteiger partial charge is 0.497 e. The lowest BCUT2D eigenvalue weighted by atomic mass is 9.90. The number of aromatic nitrogens is 2. The van der Waals surface area contributed by atoms with Crippen molar-refractivity contribution in [3.63, 3.8) is 0 Å². The summed E-state index contributed by atoms with van der Waals surface area (Å²) in [6, 6.07) is 17.6. The number of carbonyl (C=O) groups is 1. The Bertz CT molecular complexity index is 920. The van der Waals surface area contributed by atoms with Crippen LogP contribution in [0.3, 0.4) is 0 Å². The first-order chi connectivity index (χ1) is 13.3. The van der Waals surface area contributed by atoms with Gasteiger partial charge in [0.05, 0.1) is 13.3 Å². The molecule has 0 bridgehead atoms. The third-order valence-electron chi connectivity index (χ3n) is 5.19. The molecule has 5 heteroatoms. The van der Waals surface area contributed by atoms with Crippen LogP contribution in [0.4, 0.5) is 0 Å². The van der Waals surface area contributed by atoms with Crippen LogP contribution in [-0.4, -0.2) is 41.2 Å². The molecule has 1 fully saturated rings. The van der Waals surface area contributed by atoms with Gasteiger partial charge in [-0.1, -0.05) is 36.4 Å². The molecule has 0 aliphatic carbocycles. The molecule has 4 rings (SSSR count). The molecule has 1 unspecified atom stereocenters. The van der Waals surface area contributed by atoms with Gasteiger partial charge >= 0.3 is 0 Å². The van der Waals surface area contributed by atoms with Gasteiger partial charge in [0, 0.05) is 35.8 Å². The molecule has 2 heterocycles. The van der Waals surface area contributed by atoms with Crippen LogP contribution in [0.5, 0.6) is 5.75 Å². The first-order valence-electron chi connectivity index (χ1n) is 9.28. The number of hydrogen-bond acceptors (Lipinski definition) is 3. The number of benzene rings is 2. The molecule has 1 aliphatic rings. The van der Waals surface area contributed by atoms with Gasteiger partial charge in [-0.3, -0.25) is 9.89 Å². The number of methoxy groups -OCH3 is 1. The van der Waals surface area contributed by atoms with Gasteiger partial charge in [-0.15, -0.1) is 0 Å². The van der Waals surface area contributed by atoms with Gasteiger partial charge in [0.2, 0.25) is 0 Å². The fourth-order valence-corrected chi connectivity index (χ4v) is 3.79. The first-order valence-corrected chi connectivity index (χ1v) is 9.28. The van der Waals surface area contributed by atoms with Crippen LogP contribution >= 0.6 is 0 Å². The SMILES string of the molecule is COc1cccc(C(=O)N2CCCC(c3[nH]ncc3-c3ccccc3)C2)c1. The zero-order valence-electron chi connectivity index (χ0n) is 15.4. The van der Waals surface area contributed by atoms with Crippen molar-refractivity contribution in [2.75, 3.05) is 20.2 Å². The highest BCUT2D eigenvalue weighted by Crippen LogP contribution is 2.33. The van der Waals surface area contributed by atoms with E-state index in [0.717, 1.165) is 36.2 Å². The smallest absolute Gasteiger partial charge is 0.254 e. The van der Waals surface area contributed by atoms with E-state index < -0.39 is 0 Å². The van der Waals surface area contributed by atoms with Gasteiger partial charge in [0.1, 0.15) is 5.75 Å². The van der Waals surface area contributed by atoms with E-state index in [-0.39, 0.29) is 11.8 Å². The standard InChI is InChI=1S/C22H23N3O2/c1-27-19-11-5-9-17(13-19)22(26)25-12-6-10-18(15-25)21-20(14-23-24-21)16-7-3-2-4-8-16/h2-5,7-9,11,13-14,18H,6,10,12,15H2,1H3,(H,23,24). The molecule has 3 aromatic rings. The molecule has 1 N–H and O–H groups in total. The van der Waals surface area contributed by atoms with Crippen LogP contribution in [0, 0.1) is 0 Å². The number of piperidine rings is 1. The maximum absolute atomic E-state index is 13.0. The molecule has 1 saturated heterocycles. The Hall–Kier alpha value is -3.08. The second-order valence-corrected chi connectivity index (χ2v) is 6.89. The zero-order chi connectivity index (χ0) is 18.6. The predicted molar refractivity (Wildman–Crippen MR) is 105 cm³/mol. The van der Waals surface area contributed by atoms with Crippen molar-refractivity contribution in [1.29, 1.82) is 0 Å². The Labute approximate surface area is 159 Å². The number of ether oxygens (including phenoxy) is 1. The number of rotatable bonds is 4. The van der Waals surface area contributed by atoms with E-state index in [4.69, 9.17) is 4.74 Å². The summed E-state index contributed by atoms with van der Waals surface area (Å²) in [4.78, 5) is 14.9. The molecule has 0 radical (unpaired) electrons. The van der Waals surface area contributed by atoms with Crippen LogP contribution in [-0.2, 0) is 0 Å². The number of nitrogens with one attached hydrogen (secondary N) is 1. The topological polar surface area (TPSA) is 58.2 Å². The summed E-state index contributed by atoms with van der Waals surface area (Å²) in [6.07, 6.45) is 3.91. The average Bonchev–Trinajstić information content (AvgIpc) is 3.24. The van der Waals surface area contributed by atoms with Crippen LogP contribution in [0.1, 0.15) is 34.8 Å². The average molecular weight is 361 g/mol. The Morgan fingerprint density at radius 3 is 2.85 bits per heavy atom. The number of likely N-dealkylation sites (tertiary alicyclic amines) is 1. The Kier molecular flexibility index (Phi) is 4.92. The summed E-state index contributed by atoms with van der Waals surface area (Å²) < 4.78 is 5.25. The van der Waals surface area contributed by atoms with E-state index in [2.05, 4.69) is 22.3 Å². The Balaban J connectivity index is 1.55. The summed E-state index contributed by atoms with van der Waals surface area (Å²) >= 11 is 0. The molecule has 2 aromatic carbocycles. The van der Waals surface area contributed by atoms with Crippen molar-refractivity contribution >= 4 is 5.91 Å². The minimum Gasteiger partial charge on any atom is -0.497 e. The van der Waals surface area contributed by atoms with E-state index in [1.807, 2.05) is 47.5 Å². The number of carbonyl (C=O) groups excluding carboxylic acids is 1. The van der Waals surface area contributed by atoms with Crippen LogP contribution in [0.15, 0.2) is 60.8 Å². The molecular formula is C22H23N3O2. The molecule has 1 atom stereocenters. The molecule has 1 aromatic heterocycles. The minimum absolute atomic E-state index is 0.0550. The van der Waals surface area contributed by atoms with E-state index in [1.54, 1.807) is 13.2 Å². The van der Waals surface area contributed by atoms with Crippen molar-refractivity contribution in [3.05, 3.63) is 72.1 Å². The fraction of sp³-hybridized carbons (Fsp3) is 0.273. The second-order valence-electron chi connectivity index (χ2n) is 6.89. The summed E-state index contributed by atoms with van der Waals surface area (Å²) in [5, 5.41) is 7.46. The van der Waals surface area contributed by atoms with Gasteiger partial charge in [0.25, 0.3) is 5.91 Å². The number of hydrogen-bond donors (Lipinski definition) is 1. The molecule has 1 amide bonds. The van der Waals surface area contributed by atoms with Crippen molar-refractivity contribution < 1.29 is 9.53 Å². The maximum atomic E-state index is 13.0. The van der Waals surface area contributed by atoms with E-state index in [9.17, 15) is 4.79 Å². The van der Waals surface area contributed by atoms with Crippen molar-refractivity contribution in [3.8, 4) is 16.9 Å². The van der Waals surface area contributed by atoms with E-state index in [1.165, 1.54) is 0 Å². The van der Waals surface area contributed by atoms with Crippen LogP contribution in [0.25, 0.3) is 11.1 Å². The summed E-state index contributed by atoms with van der Waals surface area (Å²) in [6.45, 7) is 1.47. The molecule has 5 nitrogen and oxygen atoms in total. The summed E-state index contributed by atoms with van der Waals surface area (Å²) in [5.41, 5.74) is 4.06. The lowest BCUT2D eigenvalue weighted by molar-refractivity contribution is 0.0705. The first kappa shape index (κ1) is 17.3. The summed E-state index contributed by atoms with van der Waals surface area (Å²) in [7, 11) is 1.61. The second kappa shape index (κ2) is 7.66. The lowest BCUT2D eigenvalue weighted by Gasteiger charge is -2.33. The molecule has 138 valence electrons. The third-order valence-corrected chi connectivity index (χ3v) is 5.19. The predicted octanol–water partition coefficient (Wildman–Crippen LogP) is 4.11. The lowest BCUT2D eigenvalue weighted by Crippen LogP contribution is -2.39. The Morgan fingerprint density at radius 1 is 1.19 bits per heavy atom. The van der Waals surface area contributed by atoms with Gasteiger partial charge in [-0.05, 0) is 36.6 Å². The quantitative estimate of drug-likeness (QED) is 0.761. The third kappa shape index (κ3) is 3.58. The fourth-order valence-electron chi connectivity index (χ4n) is 3.79. The monoisotopic (exact) mass is 361 g/mol. The van der Waals surface area contributed by atoms with Crippen molar-refractivity contribution in [1.82, 2.24) is 15.1 Å². The minimum atomic E-state index is 0.0550. The van der Waals surface area contributed by atoms with Gasteiger partial charge in [-0.2, -0.15) is 5.10 Å². The van der Waals surface area contributed by atoms with Gasteiger partial charge in [-0.25, -0.2) is 0 Å². The number of nitrogens with zero attached hydrogens (tertiary/aromatic N) is 2. The highest BCUT2D eigenvalue weighted by molar-refractivity contribution is 5.94. The van der Waals surface area contributed by atoms with Gasteiger partial charge in [0.15, 0.2) is 0 Å². The van der Waals surface area contributed by atoms with Gasteiger partial charge < -0.3 is 9.64 Å². The molecule has 27 heavy (non-hydrogen) atoms. The Morgan fingerprint density at radius 2 is 2.04 bits per heavy atom. The van der Waals surface area contributed by atoms with Crippen LogP contribution in [0.2, 0.25) is 0 Å². The number of aromatic amines is 1.